The van der Waals surface area contributed by atoms with Crippen LogP contribution in [0, 0.1) is 5.92 Å². The zero-order chi connectivity index (χ0) is 24.0. The fourth-order valence-corrected chi connectivity index (χ4v) is 3.57. The Morgan fingerprint density at radius 1 is 1.09 bits per heavy atom. The van der Waals surface area contributed by atoms with Gasteiger partial charge in [0.1, 0.15) is 0 Å². The molecule has 3 rings (SSSR count). The topological polar surface area (TPSA) is 102 Å². The monoisotopic (exact) mass is 452 g/mol. The van der Waals surface area contributed by atoms with Gasteiger partial charge in [0.05, 0.1) is 17.6 Å². The van der Waals surface area contributed by atoms with Crippen LogP contribution in [-0.2, 0) is 30.3 Å². The first-order valence-electron chi connectivity index (χ1n) is 10.9. The van der Waals surface area contributed by atoms with Gasteiger partial charge >= 0.3 is 11.9 Å². The van der Waals surface area contributed by atoms with E-state index < -0.39 is 30.4 Å². The lowest BCUT2D eigenvalue weighted by molar-refractivity contribution is -0.151. The highest BCUT2D eigenvalue weighted by atomic mass is 16.5. The molecule has 1 fully saturated rings. The van der Waals surface area contributed by atoms with E-state index in [-0.39, 0.29) is 25.0 Å². The molecule has 1 saturated heterocycles. The normalized spacial score (nSPS) is 15.5. The number of rotatable bonds is 8. The quantitative estimate of drug-likeness (QED) is 0.617. The SMILES string of the molecule is CCc1ccccc1NC(=O)COC(=O)[C@H]1CC(=O)N(c2ccc(C(=O)OC(C)C)cc2)C1. The number of carbonyl (C=O) groups is 4. The van der Waals surface area contributed by atoms with Crippen LogP contribution in [0.1, 0.15) is 43.1 Å². The molecule has 0 aromatic heterocycles. The van der Waals surface area contributed by atoms with Crippen molar-refractivity contribution in [2.45, 2.75) is 39.7 Å². The van der Waals surface area contributed by atoms with Gasteiger partial charge in [-0.3, -0.25) is 14.4 Å². The van der Waals surface area contributed by atoms with Crippen LogP contribution >= 0.6 is 0 Å². The molecule has 1 atom stereocenters. The van der Waals surface area contributed by atoms with Crippen LogP contribution in [0.2, 0.25) is 0 Å². The van der Waals surface area contributed by atoms with Gasteiger partial charge in [-0.15, -0.1) is 0 Å². The molecule has 1 N–H and O–H groups in total. The average Bonchev–Trinajstić information content (AvgIpc) is 3.19. The lowest BCUT2D eigenvalue weighted by atomic mass is 10.1. The number of nitrogens with zero attached hydrogens (tertiary/aromatic N) is 1. The van der Waals surface area contributed by atoms with Crippen molar-refractivity contribution in [2.24, 2.45) is 5.92 Å². The number of aryl methyl sites for hydroxylation is 1. The predicted octanol–water partition coefficient (Wildman–Crippen LogP) is 3.35. The second-order valence-corrected chi connectivity index (χ2v) is 8.07. The van der Waals surface area contributed by atoms with Gasteiger partial charge in [-0.25, -0.2) is 4.79 Å². The van der Waals surface area contributed by atoms with Gasteiger partial charge < -0.3 is 19.7 Å². The molecule has 1 aliphatic rings. The molecule has 8 heteroatoms. The van der Waals surface area contributed by atoms with Gasteiger partial charge in [-0.2, -0.15) is 0 Å². The molecule has 2 amide bonds. The van der Waals surface area contributed by atoms with Gasteiger partial charge in [0.15, 0.2) is 6.61 Å². The van der Waals surface area contributed by atoms with Crippen LogP contribution in [0.25, 0.3) is 0 Å². The highest BCUT2D eigenvalue weighted by molar-refractivity contribution is 6.00. The van der Waals surface area contributed by atoms with Crippen LogP contribution in [0.4, 0.5) is 11.4 Å². The van der Waals surface area contributed by atoms with E-state index in [1.165, 1.54) is 4.90 Å². The summed E-state index contributed by atoms with van der Waals surface area (Å²) >= 11 is 0. The third-order valence-electron chi connectivity index (χ3n) is 5.23. The number of esters is 2. The Balaban J connectivity index is 1.53. The van der Waals surface area contributed by atoms with Crippen molar-refractivity contribution in [2.75, 3.05) is 23.4 Å². The van der Waals surface area contributed by atoms with Crippen molar-refractivity contribution in [3.8, 4) is 0 Å². The molecule has 1 aliphatic heterocycles. The summed E-state index contributed by atoms with van der Waals surface area (Å²) in [5.74, 6) is -2.36. The van der Waals surface area contributed by atoms with E-state index >= 15 is 0 Å². The number of benzene rings is 2. The highest BCUT2D eigenvalue weighted by Gasteiger charge is 2.36. The van der Waals surface area contributed by atoms with Crippen molar-refractivity contribution in [1.82, 2.24) is 0 Å². The van der Waals surface area contributed by atoms with E-state index in [9.17, 15) is 19.2 Å². The molecule has 2 aromatic carbocycles. The zero-order valence-corrected chi connectivity index (χ0v) is 19.0. The van der Waals surface area contributed by atoms with E-state index in [2.05, 4.69) is 5.32 Å². The van der Waals surface area contributed by atoms with E-state index in [1.54, 1.807) is 44.2 Å². The second-order valence-electron chi connectivity index (χ2n) is 8.07. The summed E-state index contributed by atoms with van der Waals surface area (Å²) in [6, 6.07) is 13.9. The Hall–Kier alpha value is -3.68. The number of carbonyl (C=O) groups excluding carboxylic acids is 4. The number of para-hydroxylation sites is 1. The van der Waals surface area contributed by atoms with Gasteiger partial charge in [0.2, 0.25) is 5.91 Å². The van der Waals surface area contributed by atoms with Crippen molar-refractivity contribution in [3.63, 3.8) is 0 Å². The Morgan fingerprint density at radius 3 is 2.45 bits per heavy atom. The Labute approximate surface area is 192 Å². The minimum absolute atomic E-state index is 0.00371. The molecule has 33 heavy (non-hydrogen) atoms. The average molecular weight is 453 g/mol. The Kier molecular flexibility index (Phi) is 7.82. The summed E-state index contributed by atoms with van der Waals surface area (Å²) < 4.78 is 10.3. The minimum atomic E-state index is -0.668. The maximum atomic E-state index is 12.5. The number of nitrogens with one attached hydrogen (secondary N) is 1. The molecule has 0 aliphatic carbocycles. The van der Waals surface area contributed by atoms with Gasteiger partial charge in [-0.1, -0.05) is 25.1 Å². The summed E-state index contributed by atoms with van der Waals surface area (Å²) in [7, 11) is 0. The highest BCUT2D eigenvalue weighted by Crippen LogP contribution is 2.26. The first-order valence-corrected chi connectivity index (χ1v) is 10.9. The van der Waals surface area contributed by atoms with E-state index in [1.807, 2.05) is 25.1 Å². The predicted molar refractivity (Wildman–Crippen MR) is 123 cm³/mol. The fraction of sp³-hybridized carbons (Fsp3) is 0.360. The minimum Gasteiger partial charge on any atom is -0.459 e. The maximum absolute atomic E-state index is 12.5. The van der Waals surface area contributed by atoms with Crippen LogP contribution in [0.15, 0.2) is 48.5 Å². The van der Waals surface area contributed by atoms with Gasteiger partial charge in [-0.05, 0) is 56.2 Å². The lowest BCUT2D eigenvalue weighted by Gasteiger charge is -2.17. The summed E-state index contributed by atoms with van der Waals surface area (Å²) in [6.45, 7) is 5.24. The third-order valence-corrected chi connectivity index (χ3v) is 5.23. The summed E-state index contributed by atoms with van der Waals surface area (Å²) in [6.07, 6.45) is 0.527. The number of hydrogen-bond donors (Lipinski definition) is 1. The smallest absolute Gasteiger partial charge is 0.338 e. The van der Waals surface area contributed by atoms with Crippen LogP contribution in [0.5, 0.6) is 0 Å². The molecule has 0 saturated carbocycles. The standard InChI is InChI=1S/C25H28N2O6/c1-4-17-7-5-6-8-21(17)26-22(28)15-32-24(30)19-13-23(29)27(14-19)20-11-9-18(10-12-20)25(31)33-16(2)3/h5-12,16,19H,4,13-15H2,1-3H3,(H,26,28)/t19-/m0/s1. The maximum Gasteiger partial charge on any atom is 0.338 e. The van der Waals surface area contributed by atoms with Gasteiger partial charge in [0, 0.05) is 24.3 Å². The molecule has 1 heterocycles. The number of hydrogen-bond acceptors (Lipinski definition) is 6. The van der Waals surface area contributed by atoms with Gasteiger partial charge in [0.25, 0.3) is 5.91 Å². The first kappa shape index (κ1) is 24.0. The molecule has 0 radical (unpaired) electrons. The molecule has 0 spiro atoms. The number of anilines is 2. The zero-order valence-electron chi connectivity index (χ0n) is 19.0. The largest absolute Gasteiger partial charge is 0.459 e. The first-order chi connectivity index (χ1) is 15.8. The number of amides is 2. The summed E-state index contributed by atoms with van der Waals surface area (Å²) in [4.78, 5) is 50.6. The molecular formula is C25H28N2O6. The van der Waals surface area contributed by atoms with E-state index in [0.717, 1.165) is 12.0 Å². The van der Waals surface area contributed by atoms with Crippen LogP contribution < -0.4 is 10.2 Å². The summed E-state index contributed by atoms with van der Waals surface area (Å²) in [5, 5.41) is 2.75. The second kappa shape index (κ2) is 10.8. The van der Waals surface area contributed by atoms with Crippen molar-refractivity contribution in [3.05, 3.63) is 59.7 Å². The molecule has 2 aromatic rings. The molecule has 0 bridgehead atoms. The molecule has 8 nitrogen and oxygen atoms in total. The van der Waals surface area contributed by atoms with Crippen molar-refractivity contribution >= 4 is 35.1 Å². The Morgan fingerprint density at radius 2 is 1.79 bits per heavy atom. The molecule has 174 valence electrons. The van der Waals surface area contributed by atoms with E-state index in [0.29, 0.717) is 16.9 Å². The molecule has 0 unspecified atom stereocenters. The van der Waals surface area contributed by atoms with Crippen LogP contribution in [0.3, 0.4) is 0 Å². The third kappa shape index (κ3) is 6.19. The Bertz CT molecular complexity index is 1030. The fourth-order valence-electron chi connectivity index (χ4n) is 3.57. The van der Waals surface area contributed by atoms with E-state index in [4.69, 9.17) is 9.47 Å². The lowest BCUT2D eigenvalue weighted by Crippen LogP contribution is -2.28. The van der Waals surface area contributed by atoms with Crippen LogP contribution in [-0.4, -0.2) is 43.0 Å². The summed E-state index contributed by atoms with van der Waals surface area (Å²) in [5.41, 5.74) is 2.62. The molecular weight excluding hydrogens is 424 g/mol. The van der Waals surface area contributed by atoms with Crippen molar-refractivity contribution in [1.29, 1.82) is 0 Å². The number of ether oxygens (including phenoxy) is 2. The van der Waals surface area contributed by atoms with Crippen molar-refractivity contribution < 1.29 is 28.7 Å².